The lowest BCUT2D eigenvalue weighted by Gasteiger charge is -2.24. The SMILES string of the molecule is c1ccc(-c2c(-c3ccccc3)c(-c3ccccc3)c3c(c2-c2ccccc2)=c2ccc4c5ccc6c7c(ccc(c8ccc=3c2c48)c75)=c2cc3c(-c4ccccc4)c(-c4ccccc4)c(-c4ccccc4)c(-c4ccccc4)c3cc2=6)cc1. The van der Waals surface area contributed by atoms with Crippen molar-refractivity contribution in [3.05, 3.63) is 345 Å². The van der Waals surface area contributed by atoms with Crippen LogP contribution in [0.4, 0.5) is 0 Å². The van der Waals surface area contributed by atoms with Gasteiger partial charge in [0.15, 0.2) is 0 Å². The van der Waals surface area contributed by atoms with Crippen molar-refractivity contribution < 1.29 is 0 Å². The minimum Gasteiger partial charge on any atom is -0.0622 e. The summed E-state index contributed by atoms with van der Waals surface area (Å²) in [6, 6.07) is 114. The van der Waals surface area contributed by atoms with Gasteiger partial charge < -0.3 is 0 Å². The van der Waals surface area contributed by atoms with Crippen LogP contribution in [0.3, 0.4) is 0 Å². The van der Waals surface area contributed by atoms with Crippen molar-refractivity contribution in [2.24, 2.45) is 0 Å². The summed E-state index contributed by atoms with van der Waals surface area (Å²) in [5.74, 6) is 0. The molecule has 2 aliphatic carbocycles. The molecule has 18 rings (SSSR count). The maximum absolute atomic E-state index is 2.55. The quantitative estimate of drug-likeness (QED) is 0.105. The molecule has 0 nitrogen and oxygen atoms in total. The second-order valence-corrected chi connectivity index (χ2v) is 22.8. The number of rotatable bonds is 8. The largest absolute Gasteiger partial charge is 0.0622 e. The van der Waals surface area contributed by atoms with E-state index in [0.29, 0.717) is 0 Å². The van der Waals surface area contributed by atoms with Crippen LogP contribution in [0.2, 0.25) is 0 Å². The lowest BCUT2D eigenvalue weighted by atomic mass is 9.78. The highest BCUT2D eigenvalue weighted by atomic mass is 14.3. The molecule has 0 aliphatic heterocycles. The molecule has 0 saturated carbocycles. The highest BCUT2D eigenvalue weighted by Crippen LogP contribution is 2.54. The van der Waals surface area contributed by atoms with E-state index < -0.39 is 0 Å². The van der Waals surface area contributed by atoms with E-state index in [1.807, 2.05) is 0 Å². The molecule has 386 valence electrons. The average molecular weight is 1060 g/mol. The Morgan fingerprint density at radius 1 is 0.131 bits per heavy atom. The fraction of sp³-hybridized carbons (Fsp3) is 0. The van der Waals surface area contributed by atoms with Gasteiger partial charge in [0.2, 0.25) is 0 Å². The van der Waals surface area contributed by atoms with Gasteiger partial charge in [-0.25, -0.2) is 0 Å². The van der Waals surface area contributed by atoms with Crippen LogP contribution in [-0.2, 0) is 0 Å². The average Bonchev–Trinajstić information content (AvgIpc) is 1.54. The molecule has 0 fully saturated rings. The molecular weight excluding hydrogens is 1010 g/mol. The lowest BCUT2D eigenvalue weighted by Crippen LogP contribution is -1.98. The van der Waals surface area contributed by atoms with E-state index >= 15 is 0 Å². The van der Waals surface area contributed by atoms with Gasteiger partial charge in [-0.05, 0) is 197 Å². The van der Waals surface area contributed by atoms with Crippen LogP contribution < -0.4 is 0 Å². The number of benzene rings is 16. The van der Waals surface area contributed by atoms with Crippen LogP contribution >= 0.6 is 0 Å². The van der Waals surface area contributed by atoms with Crippen molar-refractivity contribution >= 4 is 53.9 Å². The maximum atomic E-state index is 2.55. The molecule has 2 aliphatic rings. The van der Waals surface area contributed by atoms with E-state index in [2.05, 4.69) is 303 Å². The normalized spacial score (nSPS) is 12.0. The molecule has 0 heteroatoms. The molecule has 0 unspecified atom stereocenters. The Bertz CT molecular complexity index is 5460. The Labute approximate surface area is 485 Å². The summed E-state index contributed by atoms with van der Waals surface area (Å²) in [5, 5.41) is 23.4. The molecule has 0 N–H and O–H groups in total. The molecule has 0 atom stereocenters. The maximum Gasteiger partial charge on any atom is -0.000718 e. The molecular formula is C84H50. The molecule has 84 heavy (non-hydrogen) atoms. The van der Waals surface area contributed by atoms with Gasteiger partial charge in [-0.3, -0.25) is 0 Å². The van der Waals surface area contributed by atoms with Crippen LogP contribution in [0.5, 0.6) is 0 Å². The summed E-state index contributed by atoms with van der Waals surface area (Å²) < 4.78 is 0. The van der Waals surface area contributed by atoms with Gasteiger partial charge in [-0.2, -0.15) is 0 Å². The molecule has 0 aromatic heterocycles. The second kappa shape index (κ2) is 18.3. The van der Waals surface area contributed by atoms with Crippen molar-refractivity contribution in [1.29, 1.82) is 0 Å². The predicted molar refractivity (Wildman–Crippen MR) is 352 cm³/mol. The first-order chi connectivity index (χ1) is 41.8. The van der Waals surface area contributed by atoms with E-state index in [0.717, 1.165) is 0 Å². The van der Waals surface area contributed by atoms with E-state index in [1.165, 1.54) is 185 Å². The summed E-state index contributed by atoms with van der Waals surface area (Å²) in [7, 11) is 0. The molecule has 0 heterocycles. The van der Waals surface area contributed by atoms with E-state index in [-0.39, 0.29) is 0 Å². The summed E-state index contributed by atoms with van der Waals surface area (Å²) in [5.41, 5.74) is 19.7. The van der Waals surface area contributed by atoms with Gasteiger partial charge in [-0.15, -0.1) is 0 Å². The Balaban J connectivity index is 1.02. The first-order valence-corrected chi connectivity index (χ1v) is 29.3. The molecule has 16 aromatic rings. The Hall–Kier alpha value is -10.9. The van der Waals surface area contributed by atoms with E-state index in [4.69, 9.17) is 0 Å². The smallest absolute Gasteiger partial charge is 0.000718 e. The Morgan fingerprint density at radius 3 is 0.619 bits per heavy atom. The first kappa shape index (κ1) is 46.8. The van der Waals surface area contributed by atoms with Gasteiger partial charge in [-0.1, -0.05) is 291 Å². The summed E-state index contributed by atoms with van der Waals surface area (Å²) in [6.07, 6.45) is 0. The zero-order valence-corrected chi connectivity index (χ0v) is 45.9. The summed E-state index contributed by atoms with van der Waals surface area (Å²) in [4.78, 5) is 0. The van der Waals surface area contributed by atoms with Crippen LogP contribution in [0.1, 0.15) is 0 Å². The third-order valence-electron chi connectivity index (χ3n) is 18.5. The standard InChI is InChI=1S/C84H50/c1-9-25-51(26-10-1)71-69-49-67-63-43-41-59-61-45-47-65-82-66(84-78(58-39-23-8-24-40-58)76(56-35-19-6-20-36-56)75(55-33-17-5-18-34-55)77(83(65)84)57-37-21-7-22-38-57)48-46-62(80(61)82)60-42-44-64(81(63)79(59)60)68(67)50-70(69)72(52-27-11-2-12-28-52)74(54-31-15-4-16-32-54)73(71)53-29-13-3-14-30-53/h1-50H. The van der Waals surface area contributed by atoms with E-state index in [1.54, 1.807) is 0 Å². The summed E-state index contributed by atoms with van der Waals surface area (Å²) >= 11 is 0. The van der Waals surface area contributed by atoms with Crippen molar-refractivity contribution in [3.63, 3.8) is 0 Å². The Morgan fingerprint density at radius 2 is 0.345 bits per heavy atom. The first-order valence-electron chi connectivity index (χ1n) is 29.3. The molecule has 0 saturated heterocycles. The van der Waals surface area contributed by atoms with Crippen LogP contribution in [0.15, 0.2) is 303 Å². The second-order valence-electron chi connectivity index (χ2n) is 22.8. The molecule has 16 aromatic carbocycles. The van der Waals surface area contributed by atoms with Crippen molar-refractivity contribution in [1.82, 2.24) is 0 Å². The number of hydrogen-bond donors (Lipinski definition) is 0. The van der Waals surface area contributed by atoms with Crippen LogP contribution in [0, 0.1) is 41.7 Å². The topological polar surface area (TPSA) is 0 Å². The fourth-order valence-electron chi connectivity index (χ4n) is 15.2. The van der Waals surface area contributed by atoms with Crippen LogP contribution in [-0.4, -0.2) is 0 Å². The molecule has 0 amide bonds. The zero-order valence-electron chi connectivity index (χ0n) is 45.9. The van der Waals surface area contributed by atoms with E-state index in [9.17, 15) is 0 Å². The number of fused-ring (bicyclic) bond motifs is 5. The van der Waals surface area contributed by atoms with Crippen molar-refractivity contribution in [3.8, 4) is 89.0 Å². The van der Waals surface area contributed by atoms with Gasteiger partial charge in [0, 0.05) is 0 Å². The molecule has 0 spiro atoms. The predicted octanol–water partition coefficient (Wildman–Crippen LogP) is 22.0. The monoisotopic (exact) mass is 1060 g/mol. The number of hydrogen-bond acceptors (Lipinski definition) is 0. The van der Waals surface area contributed by atoms with Gasteiger partial charge in [0.1, 0.15) is 0 Å². The molecule has 0 bridgehead atoms. The third-order valence-corrected chi connectivity index (χ3v) is 18.5. The van der Waals surface area contributed by atoms with Crippen LogP contribution in [0.25, 0.3) is 143 Å². The van der Waals surface area contributed by atoms with Crippen molar-refractivity contribution in [2.45, 2.75) is 0 Å². The van der Waals surface area contributed by atoms with Gasteiger partial charge in [0.05, 0.1) is 0 Å². The molecule has 0 radical (unpaired) electrons. The zero-order chi connectivity index (χ0) is 55.0. The summed E-state index contributed by atoms with van der Waals surface area (Å²) in [6.45, 7) is 0. The Kier molecular flexibility index (Phi) is 10.2. The lowest BCUT2D eigenvalue weighted by molar-refractivity contribution is 1.45. The van der Waals surface area contributed by atoms with Crippen molar-refractivity contribution in [2.75, 3.05) is 0 Å². The van der Waals surface area contributed by atoms with Gasteiger partial charge in [0.25, 0.3) is 0 Å². The minimum atomic E-state index is 1.20. The van der Waals surface area contributed by atoms with Gasteiger partial charge >= 0.3 is 0 Å². The third kappa shape index (κ3) is 6.65. The highest BCUT2D eigenvalue weighted by molar-refractivity contribution is 6.33. The minimum absolute atomic E-state index is 1.20. The highest BCUT2D eigenvalue weighted by Gasteiger charge is 2.29. The fourth-order valence-corrected chi connectivity index (χ4v) is 15.2.